The predicted molar refractivity (Wildman–Crippen MR) is 177 cm³/mol. The summed E-state index contributed by atoms with van der Waals surface area (Å²) in [6.45, 7) is 1.79. The summed E-state index contributed by atoms with van der Waals surface area (Å²) >= 11 is 6.12. The van der Waals surface area contributed by atoms with E-state index in [-0.39, 0.29) is 84.2 Å². The van der Waals surface area contributed by atoms with E-state index in [2.05, 4.69) is 25.7 Å². The average molecular weight is 713 g/mol. The number of amides is 1. The third-order valence-electron chi connectivity index (χ3n) is 8.85. The lowest BCUT2D eigenvalue weighted by Gasteiger charge is -2.40. The number of likely N-dealkylation sites (N-methyl/N-ethyl adjacent to an activating group) is 1. The molecule has 2 aliphatic rings. The Morgan fingerprint density at radius 2 is 1.84 bits per heavy atom. The van der Waals surface area contributed by atoms with Crippen LogP contribution in [0.3, 0.4) is 0 Å². The minimum absolute atomic E-state index is 0.00736. The first-order valence-corrected chi connectivity index (χ1v) is 16.4. The van der Waals surface area contributed by atoms with Crippen LogP contribution in [-0.4, -0.2) is 84.1 Å². The van der Waals surface area contributed by atoms with E-state index in [0.717, 1.165) is 31.0 Å². The minimum Gasteiger partial charge on any atom is -0.462 e. The first-order chi connectivity index (χ1) is 24.0. The number of ether oxygens (including phenoxy) is 3. The third kappa shape index (κ3) is 7.95. The molecule has 0 spiro atoms. The Bertz CT molecular complexity index is 1890. The topological polar surface area (TPSA) is 104 Å². The van der Waals surface area contributed by atoms with Gasteiger partial charge in [0.05, 0.1) is 18.5 Å². The molecule has 2 aliphatic heterocycles. The summed E-state index contributed by atoms with van der Waals surface area (Å²) in [5.74, 6) is -1.28. The molecule has 2 atom stereocenters. The lowest BCUT2D eigenvalue weighted by Crippen LogP contribution is -2.55. The molecule has 0 aliphatic carbocycles. The molecule has 15 heteroatoms. The molecule has 50 heavy (non-hydrogen) atoms. The van der Waals surface area contributed by atoms with Gasteiger partial charge in [-0.25, -0.2) is 9.18 Å². The number of halogens is 5. The summed E-state index contributed by atoms with van der Waals surface area (Å²) in [5.41, 5.74) is 0.179. The Balaban J connectivity index is 1.35. The van der Waals surface area contributed by atoms with E-state index < -0.39 is 30.1 Å². The van der Waals surface area contributed by atoms with Gasteiger partial charge in [-0.15, -0.1) is 13.2 Å². The van der Waals surface area contributed by atoms with Crippen molar-refractivity contribution in [3.05, 3.63) is 77.1 Å². The van der Waals surface area contributed by atoms with Gasteiger partial charge in [0, 0.05) is 47.2 Å². The van der Waals surface area contributed by atoms with E-state index in [1.165, 1.54) is 29.2 Å². The molecular formula is C35H33ClF4N6O4. The van der Waals surface area contributed by atoms with Crippen molar-refractivity contribution >= 4 is 34.4 Å². The predicted octanol–water partition coefficient (Wildman–Crippen LogP) is 7.20. The number of benzene rings is 3. The van der Waals surface area contributed by atoms with Crippen LogP contribution >= 0.6 is 11.6 Å². The number of likely N-dealkylation sites (tertiary alicyclic amines) is 1. The highest BCUT2D eigenvalue weighted by atomic mass is 35.5. The quantitative estimate of drug-likeness (QED) is 0.167. The number of anilines is 1. The molecule has 4 aromatic rings. The smallest absolute Gasteiger partial charge is 0.462 e. The van der Waals surface area contributed by atoms with Crippen LogP contribution in [0.4, 0.5) is 28.2 Å². The van der Waals surface area contributed by atoms with Gasteiger partial charge in [0.25, 0.3) is 0 Å². The van der Waals surface area contributed by atoms with E-state index in [9.17, 15) is 23.2 Å². The lowest BCUT2D eigenvalue weighted by molar-refractivity contribution is -0.274. The van der Waals surface area contributed by atoms with Crippen LogP contribution in [0.5, 0.6) is 11.8 Å². The largest absolute Gasteiger partial charge is 0.573 e. The fourth-order valence-electron chi connectivity index (χ4n) is 6.30. The Morgan fingerprint density at radius 1 is 1.04 bits per heavy atom. The number of carbonyl (C=O) groups is 1. The van der Waals surface area contributed by atoms with E-state index in [1.54, 1.807) is 0 Å². The molecule has 0 radical (unpaired) electrons. The summed E-state index contributed by atoms with van der Waals surface area (Å²) in [6.07, 6.45) is -3.72. The van der Waals surface area contributed by atoms with Crippen molar-refractivity contribution in [2.75, 3.05) is 44.7 Å². The molecule has 3 aromatic carbocycles. The molecular weight excluding hydrogens is 680 g/mol. The van der Waals surface area contributed by atoms with Crippen molar-refractivity contribution in [1.29, 1.82) is 5.26 Å². The summed E-state index contributed by atoms with van der Waals surface area (Å²) < 4.78 is 72.2. The highest BCUT2D eigenvalue weighted by Crippen LogP contribution is 2.40. The maximum Gasteiger partial charge on any atom is 0.573 e. The molecule has 10 nitrogen and oxygen atoms in total. The highest BCUT2D eigenvalue weighted by molar-refractivity contribution is 6.31. The summed E-state index contributed by atoms with van der Waals surface area (Å²) in [6, 6.07) is 17.0. The molecule has 6 rings (SSSR count). The van der Waals surface area contributed by atoms with E-state index in [1.807, 2.05) is 42.3 Å². The molecule has 0 N–H and O–H groups in total. The van der Waals surface area contributed by atoms with Crippen LogP contribution in [0.2, 0.25) is 5.02 Å². The SMILES string of the molecule is CN1CCC[C@H]1COc1nc(N2CCN(C(=O)OCc3ccccc3)[C@@H](CC#N)C2)c2ccc(-c3cc(Cl)ccc3OC(F)(F)F)c(F)c2n1. The van der Waals surface area contributed by atoms with Gasteiger partial charge in [-0.05, 0) is 56.3 Å². The number of piperazine rings is 1. The van der Waals surface area contributed by atoms with Gasteiger partial charge in [-0.3, -0.25) is 0 Å². The first-order valence-electron chi connectivity index (χ1n) is 16.0. The zero-order valence-corrected chi connectivity index (χ0v) is 27.8. The average Bonchev–Trinajstić information content (AvgIpc) is 3.51. The van der Waals surface area contributed by atoms with E-state index in [0.29, 0.717) is 0 Å². The number of hydrogen-bond acceptors (Lipinski definition) is 9. The molecule has 3 heterocycles. The summed E-state index contributed by atoms with van der Waals surface area (Å²) in [4.78, 5) is 27.7. The van der Waals surface area contributed by atoms with Crippen LogP contribution in [0.15, 0.2) is 60.7 Å². The second-order valence-corrected chi connectivity index (χ2v) is 12.6. The van der Waals surface area contributed by atoms with Crippen molar-refractivity contribution in [2.24, 2.45) is 0 Å². The zero-order chi connectivity index (χ0) is 35.4. The van der Waals surface area contributed by atoms with Gasteiger partial charge in [0.15, 0.2) is 5.82 Å². The standard InChI is InChI=1S/C35H33ClF4N6O4/c1-44-15-5-8-25(44)21-48-33-42-31-27(11-10-26(30(31)37)28-18-23(36)9-12-29(28)50-35(38,39)40)32(43-33)45-16-17-46(24(19-45)13-14-41)34(47)49-20-22-6-3-2-4-7-22/h2-4,6-7,9-12,18,24-25H,5,8,13,15-17,19-21H2,1H3/t24-,25-/m0/s1. The van der Waals surface area contributed by atoms with E-state index >= 15 is 4.39 Å². The molecule has 1 amide bonds. The second-order valence-electron chi connectivity index (χ2n) is 12.1. The van der Waals surface area contributed by atoms with Gasteiger partial charge in [0.1, 0.15) is 30.3 Å². The van der Waals surface area contributed by atoms with Crippen molar-refractivity contribution in [3.8, 4) is 29.0 Å². The van der Waals surface area contributed by atoms with Crippen LogP contribution in [0.1, 0.15) is 24.8 Å². The number of hydrogen-bond donors (Lipinski definition) is 0. The lowest BCUT2D eigenvalue weighted by atomic mass is 10.0. The zero-order valence-electron chi connectivity index (χ0n) is 27.0. The first kappa shape index (κ1) is 35.0. The van der Waals surface area contributed by atoms with Crippen LogP contribution < -0.4 is 14.4 Å². The number of nitriles is 1. The fraction of sp³-hybridized carbons (Fsp3) is 0.371. The molecule has 1 aromatic heterocycles. The van der Waals surface area contributed by atoms with Crippen LogP contribution in [0.25, 0.3) is 22.0 Å². The number of carbonyl (C=O) groups excluding carboxylic acids is 1. The van der Waals surface area contributed by atoms with Gasteiger partial charge < -0.3 is 28.9 Å². The Labute approximate surface area is 290 Å². The van der Waals surface area contributed by atoms with Crippen LogP contribution in [-0.2, 0) is 11.3 Å². The van der Waals surface area contributed by atoms with Crippen molar-refractivity contribution in [2.45, 2.75) is 44.3 Å². The number of aromatic nitrogens is 2. The van der Waals surface area contributed by atoms with Crippen molar-refractivity contribution in [3.63, 3.8) is 0 Å². The summed E-state index contributed by atoms with van der Waals surface area (Å²) in [5, 5.41) is 9.98. The summed E-state index contributed by atoms with van der Waals surface area (Å²) in [7, 11) is 1.98. The number of nitrogens with zero attached hydrogens (tertiary/aromatic N) is 6. The van der Waals surface area contributed by atoms with Gasteiger partial charge in [-0.2, -0.15) is 15.2 Å². The fourth-order valence-corrected chi connectivity index (χ4v) is 6.47. The molecule has 2 saturated heterocycles. The maximum absolute atomic E-state index is 16.6. The minimum atomic E-state index is -5.03. The Hall–Kier alpha value is -4.87. The molecule has 0 unspecified atom stereocenters. The maximum atomic E-state index is 16.6. The number of fused-ring (bicyclic) bond motifs is 1. The Kier molecular flexibility index (Phi) is 10.4. The molecule has 2 fully saturated rings. The Morgan fingerprint density at radius 3 is 2.56 bits per heavy atom. The third-order valence-corrected chi connectivity index (χ3v) is 9.08. The van der Waals surface area contributed by atoms with Gasteiger partial charge >= 0.3 is 18.5 Å². The monoisotopic (exact) mass is 712 g/mol. The van der Waals surface area contributed by atoms with Crippen molar-refractivity contribution < 1.29 is 36.6 Å². The number of rotatable bonds is 9. The molecule has 262 valence electrons. The molecule has 0 saturated carbocycles. The molecule has 0 bridgehead atoms. The number of alkyl halides is 3. The van der Waals surface area contributed by atoms with Crippen molar-refractivity contribution in [1.82, 2.24) is 19.8 Å². The highest BCUT2D eigenvalue weighted by Gasteiger charge is 2.35. The van der Waals surface area contributed by atoms with Crippen LogP contribution in [0, 0.1) is 17.1 Å². The second kappa shape index (κ2) is 14.9. The van der Waals surface area contributed by atoms with E-state index in [4.69, 9.17) is 21.1 Å². The normalized spacial score (nSPS) is 18.3. The van der Waals surface area contributed by atoms with Gasteiger partial charge in [-0.1, -0.05) is 48.0 Å². The van der Waals surface area contributed by atoms with Gasteiger partial charge in [0.2, 0.25) is 0 Å².